The van der Waals surface area contributed by atoms with Crippen LogP contribution in [0.1, 0.15) is 0 Å². The predicted octanol–water partition coefficient (Wildman–Crippen LogP) is 14.5. The number of rotatable bonds is 4. The lowest BCUT2D eigenvalue weighted by Gasteiger charge is -2.12. The van der Waals surface area contributed by atoms with Crippen molar-refractivity contribution in [3.05, 3.63) is 200 Å². The van der Waals surface area contributed by atoms with Gasteiger partial charge in [0.25, 0.3) is 0 Å². The largest absolute Gasteiger partial charge is 0.454 e. The van der Waals surface area contributed by atoms with Gasteiger partial charge in [-0.3, -0.25) is 0 Å². The number of nitrogens with zero attached hydrogens (tertiary/aromatic N) is 3. The van der Waals surface area contributed by atoms with Crippen molar-refractivity contribution in [1.29, 1.82) is 0 Å². The molecule has 13 aromatic rings. The van der Waals surface area contributed by atoms with Gasteiger partial charge < -0.3 is 18.1 Å². The molecule has 0 spiro atoms. The summed E-state index contributed by atoms with van der Waals surface area (Å²) in [5, 5.41) is 9.49. The van der Waals surface area contributed by atoms with Crippen molar-refractivity contribution in [3.63, 3.8) is 0 Å². The Morgan fingerprint density at radius 2 is 0.845 bits per heavy atom. The molecule has 0 radical (unpaired) electrons. The Kier molecular flexibility index (Phi) is 6.41. The SMILES string of the molecule is c1ccc(-n2c3ccccc3c3cc(-n4c5ccccc5c5c(-c6ccc7c8ccccc8n(-c8ccccc8)c7c6)cc6c7ccccc7oc6c54)ccc32)cc1. The lowest BCUT2D eigenvalue weighted by molar-refractivity contribution is 0.671. The second-order valence-electron chi connectivity index (χ2n) is 15.3. The summed E-state index contributed by atoms with van der Waals surface area (Å²) in [5.74, 6) is 0. The summed E-state index contributed by atoms with van der Waals surface area (Å²) in [5.41, 5.74) is 14.4. The van der Waals surface area contributed by atoms with Crippen molar-refractivity contribution >= 4 is 87.4 Å². The second kappa shape index (κ2) is 11.8. The number of hydrogen-bond donors (Lipinski definition) is 0. The molecular formula is C54H33N3O. The first-order chi connectivity index (χ1) is 28.8. The average Bonchev–Trinajstić information content (AvgIpc) is 4.03. The van der Waals surface area contributed by atoms with E-state index in [4.69, 9.17) is 4.42 Å². The average molecular weight is 740 g/mol. The topological polar surface area (TPSA) is 27.9 Å². The van der Waals surface area contributed by atoms with Gasteiger partial charge in [0.05, 0.1) is 33.1 Å². The van der Waals surface area contributed by atoms with Crippen LogP contribution < -0.4 is 0 Å². The highest BCUT2D eigenvalue weighted by Gasteiger charge is 2.24. The molecule has 0 aliphatic heterocycles. The Labute approximate surface area is 332 Å². The predicted molar refractivity (Wildman–Crippen MR) is 242 cm³/mol. The van der Waals surface area contributed by atoms with Crippen LogP contribution in [0.4, 0.5) is 0 Å². The van der Waals surface area contributed by atoms with Gasteiger partial charge in [0, 0.05) is 60.2 Å². The quantitative estimate of drug-likeness (QED) is 0.177. The molecule has 0 saturated carbocycles. The normalized spacial score (nSPS) is 12.1. The van der Waals surface area contributed by atoms with Crippen LogP contribution in [-0.4, -0.2) is 13.7 Å². The summed E-state index contributed by atoms with van der Waals surface area (Å²) < 4.78 is 14.1. The van der Waals surface area contributed by atoms with Crippen LogP contribution in [0, 0.1) is 0 Å². The molecular weight excluding hydrogens is 707 g/mol. The third-order valence-electron chi connectivity index (χ3n) is 12.2. The fourth-order valence-corrected chi connectivity index (χ4v) is 9.77. The third kappa shape index (κ3) is 4.29. The van der Waals surface area contributed by atoms with E-state index in [1.54, 1.807) is 0 Å². The zero-order valence-electron chi connectivity index (χ0n) is 31.3. The molecule has 0 amide bonds. The van der Waals surface area contributed by atoms with Gasteiger partial charge in [0.1, 0.15) is 5.58 Å². The van der Waals surface area contributed by atoms with E-state index in [0.717, 1.165) is 55.6 Å². The van der Waals surface area contributed by atoms with Gasteiger partial charge in [-0.05, 0) is 90.0 Å². The maximum absolute atomic E-state index is 6.93. The number of para-hydroxylation sites is 6. The molecule has 0 aliphatic carbocycles. The van der Waals surface area contributed by atoms with E-state index in [-0.39, 0.29) is 0 Å². The van der Waals surface area contributed by atoms with Gasteiger partial charge in [-0.15, -0.1) is 0 Å². The van der Waals surface area contributed by atoms with E-state index in [1.807, 2.05) is 0 Å². The van der Waals surface area contributed by atoms with Crippen molar-refractivity contribution in [2.24, 2.45) is 0 Å². The lowest BCUT2D eigenvalue weighted by Crippen LogP contribution is -1.96. The first-order valence-corrected chi connectivity index (χ1v) is 19.9. The minimum Gasteiger partial charge on any atom is -0.454 e. The van der Waals surface area contributed by atoms with Crippen LogP contribution in [0.15, 0.2) is 205 Å². The first-order valence-electron chi connectivity index (χ1n) is 19.9. The van der Waals surface area contributed by atoms with Crippen LogP contribution in [0.25, 0.3) is 116 Å². The molecule has 0 atom stereocenters. The Morgan fingerprint density at radius 1 is 0.310 bits per heavy atom. The summed E-state index contributed by atoms with van der Waals surface area (Å²) in [6.07, 6.45) is 0. The molecule has 9 aromatic carbocycles. The Hall–Kier alpha value is -7.82. The summed E-state index contributed by atoms with van der Waals surface area (Å²) in [4.78, 5) is 0. The molecule has 0 aliphatic rings. The van der Waals surface area contributed by atoms with E-state index >= 15 is 0 Å². The van der Waals surface area contributed by atoms with Gasteiger partial charge in [-0.25, -0.2) is 0 Å². The van der Waals surface area contributed by atoms with Crippen molar-refractivity contribution in [2.45, 2.75) is 0 Å². The highest BCUT2D eigenvalue weighted by Crippen LogP contribution is 2.47. The molecule has 4 nitrogen and oxygen atoms in total. The minimum atomic E-state index is 0.883. The molecule has 4 aromatic heterocycles. The molecule has 0 fully saturated rings. The maximum atomic E-state index is 6.93. The number of furan rings is 1. The molecule has 0 saturated heterocycles. The zero-order valence-corrected chi connectivity index (χ0v) is 31.3. The molecule has 0 unspecified atom stereocenters. The van der Waals surface area contributed by atoms with Gasteiger partial charge >= 0.3 is 0 Å². The van der Waals surface area contributed by atoms with Gasteiger partial charge in [0.15, 0.2) is 5.58 Å². The van der Waals surface area contributed by atoms with E-state index < -0.39 is 0 Å². The van der Waals surface area contributed by atoms with Gasteiger partial charge in [0.2, 0.25) is 0 Å². The maximum Gasteiger partial charge on any atom is 0.160 e. The highest BCUT2D eigenvalue weighted by atomic mass is 16.3. The number of hydrogen-bond acceptors (Lipinski definition) is 1. The van der Waals surface area contributed by atoms with E-state index in [0.29, 0.717) is 0 Å². The minimum absolute atomic E-state index is 0.883. The monoisotopic (exact) mass is 739 g/mol. The summed E-state index contributed by atoms with van der Waals surface area (Å²) in [6, 6.07) is 72.4. The number of benzene rings is 9. The molecule has 0 bridgehead atoms. The molecule has 4 heterocycles. The smallest absolute Gasteiger partial charge is 0.160 e. The van der Waals surface area contributed by atoms with Crippen molar-refractivity contribution in [3.8, 4) is 28.2 Å². The first kappa shape index (κ1) is 31.4. The van der Waals surface area contributed by atoms with Crippen molar-refractivity contribution in [2.75, 3.05) is 0 Å². The van der Waals surface area contributed by atoms with E-state index in [9.17, 15) is 0 Å². The van der Waals surface area contributed by atoms with E-state index in [2.05, 4.69) is 214 Å². The number of fused-ring (bicyclic) bond motifs is 13. The van der Waals surface area contributed by atoms with Crippen LogP contribution in [0.3, 0.4) is 0 Å². The van der Waals surface area contributed by atoms with Crippen molar-refractivity contribution in [1.82, 2.24) is 13.7 Å². The van der Waals surface area contributed by atoms with E-state index in [1.165, 1.54) is 59.9 Å². The summed E-state index contributed by atoms with van der Waals surface area (Å²) in [6.45, 7) is 0. The summed E-state index contributed by atoms with van der Waals surface area (Å²) in [7, 11) is 0. The summed E-state index contributed by atoms with van der Waals surface area (Å²) >= 11 is 0. The zero-order chi connectivity index (χ0) is 37.9. The second-order valence-corrected chi connectivity index (χ2v) is 15.3. The molecule has 0 N–H and O–H groups in total. The fraction of sp³-hybridized carbons (Fsp3) is 0. The molecule has 13 rings (SSSR count). The van der Waals surface area contributed by atoms with Crippen LogP contribution in [0.5, 0.6) is 0 Å². The fourth-order valence-electron chi connectivity index (χ4n) is 9.77. The standard InChI is InChI=1S/C54H33N3O/c1-3-15-35(16-4-1)55-47-24-12-8-20-39(47)44-32-37(28-30-49(44)55)57-48-25-13-9-22-42(48)52-43(33-45-41-21-10-14-26-51(41)58-54(45)53(52)57)34-27-29-40-38-19-7-11-23-46(38)56(50(40)31-34)36-17-5-2-6-18-36/h1-33H. The lowest BCUT2D eigenvalue weighted by atomic mass is 9.96. The number of aromatic nitrogens is 3. The Bertz CT molecular complexity index is 3790. The molecule has 270 valence electrons. The Balaban J connectivity index is 1.16. The highest BCUT2D eigenvalue weighted by molar-refractivity contribution is 6.27. The van der Waals surface area contributed by atoms with Crippen LogP contribution in [0.2, 0.25) is 0 Å². The molecule has 58 heavy (non-hydrogen) atoms. The molecule has 4 heteroatoms. The Morgan fingerprint density at radius 3 is 1.55 bits per heavy atom. The van der Waals surface area contributed by atoms with Crippen molar-refractivity contribution < 1.29 is 4.42 Å². The third-order valence-corrected chi connectivity index (χ3v) is 12.2. The van der Waals surface area contributed by atoms with Gasteiger partial charge in [-0.2, -0.15) is 0 Å². The van der Waals surface area contributed by atoms with Crippen LogP contribution in [-0.2, 0) is 0 Å². The van der Waals surface area contributed by atoms with Gasteiger partial charge in [-0.1, -0.05) is 121 Å². The van der Waals surface area contributed by atoms with Crippen LogP contribution >= 0.6 is 0 Å².